The number of nitrogens with two attached hydrogens (primary N) is 1. The lowest BCUT2D eigenvalue weighted by Gasteiger charge is -2.17. The number of hydrogen-bond donors (Lipinski definition) is 2. The molecule has 0 fully saturated rings. The molecule has 1 atom stereocenters. The van der Waals surface area contributed by atoms with Crippen molar-refractivity contribution >= 4 is 42.6 Å². The van der Waals surface area contributed by atoms with Crippen molar-refractivity contribution in [2.45, 2.75) is 12.3 Å². The molecule has 3 aromatic rings. The molecule has 1 aliphatic heterocycles. The smallest absolute Gasteiger partial charge is 0.492 e. The zero-order valence-electron chi connectivity index (χ0n) is 15.9. The first-order valence-corrected chi connectivity index (χ1v) is 9.27. The topological polar surface area (TPSA) is 94.7 Å². The van der Waals surface area contributed by atoms with Crippen molar-refractivity contribution in [3.63, 3.8) is 0 Å². The van der Waals surface area contributed by atoms with E-state index in [0.717, 1.165) is 21.9 Å². The fraction of sp³-hybridized carbons (Fsp3) is 0.238. The third-order valence-corrected chi connectivity index (χ3v) is 5.03. The quantitative estimate of drug-likeness (QED) is 0.616. The van der Waals surface area contributed by atoms with E-state index in [9.17, 15) is 9.82 Å². The van der Waals surface area contributed by atoms with E-state index < -0.39 is 13.0 Å². The highest BCUT2D eigenvalue weighted by molar-refractivity contribution is 7.59. The van der Waals surface area contributed by atoms with E-state index in [1.807, 2.05) is 30.3 Å². The second kappa shape index (κ2) is 9.41. The van der Waals surface area contributed by atoms with Crippen molar-refractivity contribution in [2.24, 2.45) is 5.73 Å². The Balaban J connectivity index is 0.00000240. The second-order valence-electron chi connectivity index (χ2n) is 6.86. The number of pyridine rings is 1. The van der Waals surface area contributed by atoms with Crippen molar-refractivity contribution in [1.29, 1.82) is 0 Å². The molecule has 0 radical (unpaired) electrons. The molecule has 0 aliphatic carbocycles. The lowest BCUT2D eigenvalue weighted by Crippen LogP contribution is -2.33. The highest BCUT2D eigenvalue weighted by Crippen LogP contribution is 2.24. The predicted molar refractivity (Wildman–Crippen MR) is 118 cm³/mol. The molecule has 6 nitrogen and oxygen atoms in total. The maximum atomic E-state index is 13.0. The highest BCUT2D eigenvalue weighted by atomic mass is 32.1. The molecular weight excluding hydrogens is 387 g/mol. The Morgan fingerprint density at radius 3 is 2.86 bits per heavy atom. The molecule has 4 rings (SSSR count). The van der Waals surface area contributed by atoms with E-state index in [4.69, 9.17) is 15.1 Å². The van der Waals surface area contributed by atoms with Crippen LogP contribution < -0.4 is 15.9 Å². The van der Waals surface area contributed by atoms with Crippen LogP contribution in [0.15, 0.2) is 54.9 Å². The number of carbonyl (C=O) groups excluding carboxylic acids is 1. The zero-order chi connectivity index (χ0) is 19.5. The molecule has 8 heteroatoms. The Labute approximate surface area is 176 Å². The summed E-state index contributed by atoms with van der Waals surface area (Å²) in [5.74, 6) is 0.136. The van der Waals surface area contributed by atoms with Crippen LogP contribution in [0, 0.1) is 0 Å². The number of fused-ring (bicyclic) bond motifs is 2. The molecule has 2 aromatic carbocycles. The molecule has 0 spiro atoms. The van der Waals surface area contributed by atoms with Crippen LogP contribution in [0.4, 0.5) is 0 Å². The van der Waals surface area contributed by atoms with Gasteiger partial charge in [-0.1, -0.05) is 30.3 Å². The Hall–Kier alpha value is -2.39. The predicted octanol–water partition coefficient (Wildman–Crippen LogP) is 1.30. The molecule has 2 heterocycles. The first kappa shape index (κ1) is 21.3. The minimum Gasteiger partial charge on any atom is -0.492 e. The van der Waals surface area contributed by atoms with Gasteiger partial charge in [-0.15, -0.1) is 0 Å². The fourth-order valence-corrected chi connectivity index (χ4v) is 3.52. The number of ether oxygens (including phenoxy) is 1. The summed E-state index contributed by atoms with van der Waals surface area (Å²) in [6.45, 7) is 0.858. The van der Waals surface area contributed by atoms with Crippen LogP contribution in [-0.4, -0.2) is 42.7 Å². The highest BCUT2D eigenvalue weighted by Gasteiger charge is 2.27. The first-order chi connectivity index (χ1) is 13.7. The third kappa shape index (κ3) is 4.62. The van der Waals surface area contributed by atoms with Crippen molar-refractivity contribution in [3.05, 3.63) is 66.0 Å². The fourth-order valence-electron chi connectivity index (χ4n) is 3.52. The molecule has 0 saturated carbocycles. The molecular formula is C21H23BN2O4S. The van der Waals surface area contributed by atoms with Crippen LogP contribution in [-0.2, 0) is 15.9 Å². The first-order valence-electron chi connectivity index (χ1n) is 9.27. The molecule has 0 amide bonds. The van der Waals surface area contributed by atoms with Gasteiger partial charge in [0.15, 0.2) is 0 Å². The molecule has 150 valence electrons. The number of carbonyl (C=O) groups is 1. The van der Waals surface area contributed by atoms with E-state index in [0.29, 0.717) is 30.8 Å². The van der Waals surface area contributed by atoms with E-state index in [2.05, 4.69) is 4.98 Å². The van der Waals surface area contributed by atoms with Gasteiger partial charge in [-0.2, -0.15) is 13.5 Å². The number of rotatable bonds is 5. The molecule has 3 N–H and O–H groups in total. The lowest BCUT2D eigenvalue weighted by molar-refractivity contribution is -0.119. The summed E-state index contributed by atoms with van der Waals surface area (Å²) in [5.41, 5.74) is 8.23. The van der Waals surface area contributed by atoms with Gasteiger partial charge in [0.25, 0.3) is 0 Å². The van der Waals surface area contributed by atoms with Gasteiger partial charge in [0.2, 0.25) is 0 Å². The van der Waals surface area contributed by atoms with Gasteiger partial charge in [-0.05, 0) is 28.6 Å². The van der Waals surface area contributed by atoms with Crippen LogP contribution in [0.1, 0.15) is 17.0 Å². The maximum absolute atomic E-state index is 13.0. The second-order valence-corrected chi connectivity index (χ2v) is 6.86. The Bertz CT molecular complexity index is 1020. The monoisotopic (exact) mass is 410 g/mol. The van der Waals surface area contributed by atoms with Crippen LogP contribution in [0.25, 0.3) is 10.8 Å². The van der Waals surface area contributed by atoms with Crippen LogP contribution >= 0.6 is 13.5 Å². The van der Waals surface area contributed by atoms with Gasteiger partial charge in [-0.25, -0.2) is 0 Å². The Morgan fingerprint density at radius 2 is 2.03 bits per heavy atom. The largest absolute Gasteiger partial charge is 0.495 e. The molecule has 0 unspecified atom stereocenters. The molecule has 1 aromatic heterocycles. The number of hydrogen-bond acceptors (Lipinski definition) is 6. The van der Waals surface area contributed by atoms with Crippen molar-refractivity contribution in [3.8, 4) is 5.75 Å². The van der Waals surface area contributed by atoms with Crippen molar-refractivity contribution in [1.82, 2.24) is 4.98 Å². The minimum absolute atomic E-state index is 0. The summed E-state index contributed by atoms with van der Waals surface area (Å²) < 4.78 is 10.9. The normalized spacial score (nSPS) is 14.3. The van der Waals surface area contributed by atoms with Gasteiger partial charge < -0.3 is 20.1 Å². The minimum atomic E-state index is -1.02. The van der Waals surface area contributed by atoms with Crippen LogP contribution in [0.2, 0.25) is 0 Å². The average molecular weight is 410 g/mol. The average Bonchev–Trinajstić information content (AvgIpc) is 2.89. The molecule has 29 heavy (non-hydrogen) atoms. The lowest BCUT2D eigenvalue weighted by atomic mass is 9.77. The zero-order valence-corrected chi connectivity index (χ0v) is 16.9. The number of aromatic nitrogens is 1. The van der Waals surface area contributed by atoms with Crippen molar-refractivity contribution in [2.75, 3.05) is 19.8 Å². The Morgan fingerprint density at radius 1 is 1.17 bits per heavy atom. The van der Waals surface area contributed by atoms with Gasteiger partial charge in [0.05, 0.1) is 12.5 Å². The van der Waals surface area contributed by atoms with E-state index >= 15 is 0 Å². The summed E-state index contributed by atoms with van der Waals surface area (Å²) in [7, 11) is -1.02. The number of benzene rings is 2. The summed E-state index contributed by atoms with van der Waals surface area (Å²) in [4.78, 5) is 17.1. The number of Topliss-reactive ketones (excluding diaryl/α,β-unsaturated/α-hetero) is 1. The van der Waals surface area contributed by atoms with Crippen LogP contribution in [0.3, 0.4) is 0 Å². The summed E-state index contributed by atoms with van der Waals surface area (Å²) in [5, 5.41) is 12.1. The molecule has 0 saturated heterocycles. The maximum Gasteiger partial charge on any atom is 0.495 e. The van der Waals surface area contributed by atoms with Gasteiger partial charge in [0.1, 0.15) is 18.1 Å². The SMILES string of the molecule is NC[C@@H](C(=O)Cc1ccc2cnccc2c1)c1ccc2c(c1)OCCOB2O.S. The Kier molecular flexibility index (Phi) is 6.92. The van der Waals surface area contributed by atoms with Gasteiger partial charge in [0, 0.05) is 36.2 Å². The van der Waals surface area contributed by atoms with E-state index in [1.54, 1.807) is 24.5 Å². The number of nitrogens with zero attached hydrogens (tertiary/aromatic N) is 1. The molecule has 0 bridgehead atoms. The van der Waals surface area contributed by atoms with Crippen molar-refractivity contribution < 1.29 is 19.2 Å². The summed E-state index contributed by atoms with van der Waals surface area (Å²) in [6, 6.07) is 13.2. The number of ketones is 1. The van der Waals surface area contributed by atoms with E-state index in [1.165, 1.54) is 0 Å². The van der Waals surface area contributed by atoms with Gasteiger partial charge >= 0.3 is 7.12 Å². The van der Waals surface area contributed by atoms with E-state index in [-0.39, 0.29) is 25.8 Å². The van der Waals surface area contributed by atoms with Gasteiger partial charge in [-0.3, -0.25) is 9.78 Å². The standard InChI is InChI=1S/C21H21BN2O4.H2S/c23-12-18(16-3-4-19-21(11-16)27-7-8-28-22(19)26)20(25)10-14-1-2-17-13-24-6-5-15(17)9-14;/h1-6,9,11,13,18,26H,7-8,10,12,23H2;1H2/t18-;/m1./s1. The molecule has 1 aliphatic rings. The third-order valence-electron chi connectivity index (χ3n) is 5.03. The summed E-state index contributed by atoms with van der Waals surface area (Å²) >= 11 is 0. The van der Waals surface area contributed by atoms with Crippen LogP contribution in [0.5, 0.6) is 5.75 Å². The summed E-state index contributed by atoms with van der Waals surface area (Å²) in [6.07, 6.45) is 3.84.